The molecule has 5 nitrogen and oxygen atoms in total. The van der Waals surface area contributed by atoms with Crippen LogP contribution in [0, 0.1) is 22.7 Å². The topological polar surface area (TPSA) is 79.9 Å². The number of hydrogen-bond acceptors (Lipinski definition) is 4. The molecule has 0 bridgehead atoms. The molecule has 0 radical (unpaired) electrons. The zero-order valence-electron chi connectivity index (χ0n) is 8.58. The van der Waals surface area contributed by atoms with E-state index in [1.165, 1.54) is 4.90 Å². The summed E-state index contributed by atoms with van der Waals surface area (Å²) in [6.07, 6.45) is 0. The van der Waals surface area contributed by atoms with Crippen LogP contribution in [0.4, 0.5) is 0 Å². The van der Waals surface area contributed by atoms with E-state index in [1.807, 2.05) is 12.1 Å². The summed E-state index contributed by atoms with van der Waals surface area (Å²) in [5.41, 5.74) is 1.71. The number of rotatable bonds is 3. The maximum Gasteiger partial charge on any atom is 0.251 e. The van der Waals surface area contributed by atoms with E-state index in [0.717, 1.165) is 18.7 Å². The number of nitrogens with zero attached hydrogens (tertiary/aromatic N) is 3. The Morgan fingerprint density at radius 3 is 2.27 bits per heavy atom. The highest BCUT2D eigenvalue weighted by Gasteiger charge is 2.20. The van der Waals surface area contributed by atoms with E-state index in [0.29, 0.717) is 5.57 Å². The van der Waals surface area contributed by atoms with Crippen LogP contribution < -0.4 is 5.32 Å². The first-order valence-electron chi connectivity index (χ1n) is 4.63. The first-order valence-corrected chi connectivity index (χ1v) is 4.63. The lowest BCUT2D eigenvalue weighted by Crippen LogP contribution is -2.39. The van der Waals surface area contributed by atoms with Crippen molar-refractivity contribution in [2.45, 2.75) is 6.92 Å². The third-order valence-electron chi connectivity index (χ3n) is 2.34. The second-order valence-corrected chi connectivity index (χ2v) is 3.31. The Morgan fingerprint density at radius 1 is 1.40 bits per heavy atom. The highest BCUT2D eigenvalue weighted by Crippen LogP contribution is 2.11. The van der Waals surface area contributed by atoms with Gasteiger partial charge in [-0.15, -0.1) is 0 Å². The molecule has 0 aliphatic carbocycles. The minimum absolute atomic E-state index is 0.0373. The predicted octanol–water partition coefficient (Wildman–Crippen LogP) is -0.218. The second kappa shape index (κ2) is 5.14. The van der Waals surface area contributed by atoms with Gasteiger partial charge in [-0.05, 0) is 12.5 Å². The van der Waals surface area contributed by atoms with Crippen LogP contribution in [-0.2, 0) is 4.79 Å². The SMILES string of the molecule is CC(C(=O)N(CC#N)CC#N)=C1CNC1. The molecule has 1 fully saturated rings. The fraction of sp³-hybridized carbons (Fsp3) is 0.500. The van der Waals surface area contributed by atoms with Gasteiger partial charge in [-0.2, -0.15) is 10.5 Å². The van der Waals surface area contributed by atoms with E-state index in [9.17, 15) is 4.79 Å². The molecular formula is C10H12N4O. The third kappa shape index (κ3) is 2.55. The Morgan fingerprint density at radius 2 is 1.93 bits per heavy atom. The molecule has 78 valence electrons. The Hall–Kier alpha value is -1.85. The first-order chi connectivity index (χ1) is 7.20. The maximum atomic E-state index is 11.8. The molecular weight excluding hydrogens is 192 g/mol. The van der Waals surface area contributed by atoms with E-state index in [1.54, 1.807) is 6.92 Å². The summed E-state index contributed by atoms with van der Waals surface area (Å²) in [5.74, 6) is -0.213. The quantitative estimate of drug-likeness (QED) is 0.509. The first kappa shape index (κ1) is 11.2. The second-order valence-electron chi connectivity index (χ2n) is 3.31. The van der Waals surface area contributed by atoms with Gasteiger partial charge in [0.25, 0.3) is 5.91 Å². The van der Waals surface area contributed by atoms with Gasteiger partial charge in [-0.25, -0.2) is 0 Å². The van der Waals surface area contributed by atoms with Gasteiger partial charge in [0.15, 0.2) is 0 Å². The van der Waals surface area contributed by atoms with E-state index >= 15 is 0 Å². The van der Waals surface area contributed by atoms with Crippen LogP contribution in [0.25, 0.3) is 0 Å². The lowest BCUT2D eigenvalue weighted by atomic mass is 10.0. The third-order valence-corrected chi connectivity index (χ3v) is 2.34. The molecule has 0 aromatic heterocycles. The molecule has 1 saturated heterocycles. The Balaban J connectivity index is 2.72. The summed E-state index contributed by atoms with van der Waals surface area (Å²) in [7, 11) is 0. The van der Waals surface area contributed by atoms with Gasteiger partial charge in [-0.3, -0.25) is 4.79 Å². The van der Waals surface area contributed by atoms with Gasteiger partial charge in [-0.1, -0.05) is 0 Å². The Labute approximate surface area is 88.6 Å². The molecule has 1 rings (SSSR count). The predicted molar refractivity (Wildman–Crippen MR) is 53.4 cm³/mol. The monoisotopic (exact) mass is 204 g/mol. The zero-order valence-corrected chi connectivity index (χ0v) is 8.58. The number of nitrogens with one attached hydrogen (secondary N) is 1. The van der Waals surface area contributed by atoms with E-state index < -0.39 is 0 Å². The summed E-state index contributed by atoms with van der Waals surface area (Å²) in [5, 5.41) is 20.1. The molecule has 1 aliphatic heterocycles. The van der Waals surface area contributed by atoms with Gasteiger partial charge < -0.3 is 10.2 Å². The lowest BCUT2D eigenvalue weighted by Gasteiger charge is -2.24. The molecule has 1 aliphatic rings. The summed E-state index contributed by atoms with van der Waals surface area (Å²) in [6.45, 7) is 3.12. The lowest BCUT2D eigenvalue weighted by molar-refractivity contribution is -0.126. The van der Waals surface area contributed by atoms with E-state index in [4.69, 9.17) is 10.5 Å². The Kier molecular flexibility index (Phi) is 3.84. The van der Waals surface area contributed by atoms with Gasteiger partial charge in [0.05, 0.1) is 12.1 Å². The smallest absolute Gasteiger partial charge is 0.251 e. The van der Waals surface area contributed by atoms with Gasteiger partial charge >= 0.3 is 0 Å². The Bertz CT molecular complexity index is 350. The molecule has 0 atom stereocenters. The van der Waals surface area contributed by atoms with Crippen LogP contribution in [0.2, 0.25) is 0 Å². The average Bonchev–Trinajstić information content (AvgIpc) is 2.13. The van der Waals surface area contributed by atoms with Crippen LogP contribution in [0.3, 0.4) is 0 Å². The van der Waals surface area contributed by atoms with Crippen LogP contribution in [0.1, 0.15) is 6.92 Å². The molecule has 0 aromatic carbocycles. The number of carbonyl (C=O) groups excluding carboxylic acids is 1. The van der Waals surface area contributed by atoms with Crippen molar-refractivity contribution in [1.82, 2.24) is 10.2 Å². The van der Waals surface area contributed by atoms with Crippen molar-refractivity contribution in [1.29, 1.82) is 10.5 Å². The van der Waals surface area contributed by atoms with Crippen molar-refractivity contribution in [3.8, 4) is 12.1 Å². The average molecular weight is 204 g/mol. The van der Waals surface area contributed by atoms with Crippen LogP contribution in [0.5, 0.6) is 0 Å². The van der Waals surface area contributed by atoms with Crippen molar-refractivity contribution < 1.29 is 4.79 Å². The molecule has 0 saturated carbocycles. The largest absolute Gasteiger partial charge is 0.312 e. The number of nitriles is 2. The molecule has 1 heterocycles. The molecule has 15 heavy (non-hydrogen) atoms. The van der Waals surface area contributed by atoms with Crippen molar-refractivity contribution >= 4 is 5.91 Å². The summed E-state index contributed by atoms with van der Waals surface area (Å²) >= 11 is 0. The van der Waals surface area contributed by atoms with Crippen molar-refractivity contribution in [3.63, 3.8) is 0 Å². The number of hydrogen-bond donors (Lipinski definition) is 1. The molecule has 0 spiro atoms. The molecule has 0 unspecified atom stereocenters. The van der Waals surface area contributed by atoms with Gasteiger partial charge in [0.1, 0.15) is 13.1 Å². The fourth-order valence-electron chi connectivity index (χ4n) is 1.27. The maximum absolute atomic E-state index is 11.8. The summed E-state index contributed by atoms with van der Waals surface area (Å²) < 4.78 is 0. The van der Waals surface area contributed by atoms with Crippen LogP contribution in [0.15, 0.2) is 11.1 Å². The minimum Gasteiger partial charge on any atom is -0.312 e. The molecule has 1 N–H and O–H groups in total. The molecule has 5 heteroatoms. The van der Waals surface area contributed by atoms with E-state index in [-0.39, 0.29) is 19.0 Å². The highest BCUT2D eigenvalue weighted by molar-refractivity contribution is 5.94. The molecule has 1 amide bonds. The normalized spacial score (nSPS) is 13.4. The van der Waals surface area contributed by atoms with E-state index in [2.05, 4.69) is 5.32 Å². The van der Waals surface area contributed by atoms with Crippen molar-refractivity contribution in [2.24, 2.45) is 0 Å². The van der Waals surface area contributed by atoms with Crippen molar-refractivity contribution in [3.05, 3.63) is 11.1 Å². The summed E-state index contributed by atoms with van der Waals surface area (Å²) in [6, 6.07) is 3.76. The van der Waals surface area contributed by atoms with Crippen LogP contribution >= 0.6 is 0 Å². The molecule has 0 aromatic rings. The van der Waals surface area contributed by atoms with Gasteiger partial charge in [0.2, 0.25) is 0 Å². The fourth-order valence-corrected chi connectivity index (χ4v) is 1.27. The number of amides is 1. The van der Waals surface area contributed by atoms with Crippen molar-refractivity contribution in [2.75, 3.05) is 26.2 Å². The summed E-state index contributed by atoms with van der Waals surface area (Å²) in [4.78, 5) is 13.0. The minimum atomic E-state index is -0.213. The zero-order chi connectivity index (χ0) is 11.3. The van der Waals surface area contributed by atoms with Gasteiger partial charge in [0, 0.05) is 18.7 Å². The number of carbonyl (C=O) groups is 1. The highest BCUT2D eigenvalue weighted by atomic mass is 16.2. The van der Waals surface area contributed by atoms with Crippen LogP contribution in [-0.4, -0.2) is 37.0 Å². The standard InChI is InChI=1S/C10H12N4O/c1-8(9-6-13-7-9)10(15)14(4-2-11)5-3-12/h13H,4-7H2,1H3.